The summed E-state index contributed by atoms with van der Waals surface area (Å²) in [6, 6.07) is 2.05. The van der Waals surface area contributed by atoms with Crippen molar-refractivity contribution in [2.45, 2.75) is 25.5 Å². The molecule has 4 heteroatoms. The molecule has 0 aliphatic carbocycles. The normalized spacial score (nSPS) is 22.5. The highest BCUT2D eigenvalue weighted by Crippen LogP contribution is 2.21. The van der Waals surface area contributed by atoms with Gasteiger partial charge in [0.15, 0.2) is 0 Å². The lowest BCUT2D eigenvalue weighted by Gasteiger charge is -2.22. The van der Waals surface area contributed by atoms with Gasteiger partial charge in [-0.15, -0.1) is 0 Å². The second-order valence-corrected chi connectivity index (χ2v) is 3.14. The van der Waals surface area contributed by atoms with Crippen LogP contribution in [0.5, 0.6) is 0 Å². The molecule has 0 N–H and O–H groups in total. The summed E-state index contributed by atoms with van der Waals surface area (Å²) in [5, 5.41) is 12.7. The van der Waals surface area contributed by atoms with Crippen molar-refractivity contribution >= 4 is 0 Å². The fourth-order valence-corrected chi connectivity index (χ4v) is 1.49. The quantitative estimate of drug-likeness (QED) is 0.652. The van der Waals surface area contributed by atoms with Crippen LogP contribution in [0.2, 0.25) is 0 Å². The van der Waals surface area contributed by atoms with Crippen molar-refractivity contribution in [3.8, 4) is 6.07 Å². The van der Waals surface area contributed by atoms with Crippen molar-refractivity contribution < 1.29 is 4.74 Å². The van der Waals surface area contributed by atoms with E-state index < -0.39 is 0 Å². The number of hydrogen-bond acceptors (Lipinski definition) is 3. The van der Waals surface area contributed by atoms with E-state index >= 15 is 0 Å². The number of rotatable bonds is 1. The van der Waals surface area contributed by atoms with Crippen LogP contribution in [0.4, 0.5) is 0 Å². The van der Waals surface area contributed by atoms with E-state index in [0.29, 0.717) is 5.56 Å². The van der Waals surface area contributed by atoms with E-state index in [-0.39, 0.29) is 6.23 Å². The highest BCUT2D eigenvalue weighted by Gasteiger charge is 2.15. The van der Waals surface area contributed by atoms with E-state index in [1.165, 1.54) is 6.42 Å². The summed E-state index contributed by atoms with van der Waals surface area (Å²) in [5.41, 5.74) is 0.592. The van der Waals surface area contributed by atoms with Gasteiger partial charge in [0, 0.05) is 12.8 Å². The molecule has 1 aromatic heterocycles. The van der Waals surface area contributed by atoms with Crippen LogP contribution in [-0.4, -0.2) is 16.4 Å². The standard InChI is InChI=1S/C9H11N3O/c10-5-8-6-11-12(7-8)9-3-1-2-4-13-9/h6-7,9H,1-4H2/t9-/m1/s1. The summed E-state index contributed by atoms with van der Waals surface area (Å²) >= 11 is 0. The zero-order valence-electron chi connectivity index (χ0n) is 7.31. The Labute approximate surface area is 76.7 Å². The van der Waals surface area contributed by atoms with Gasteiger partial charge >= 0.3 is 0 Å². The molecule has 68 valence electrons. The fraction of sp³-hybridized carbons (Fsp3) is 0.556. The largest absolute Gasteiger partial charge is 0.357 e. The first kappa shape index (κ1) is 8.27. The van der Waals surface area contributed by atoms with Gasteiger partial charge in [-0.25, -0.2) is 4.68 Å². The van der Waals surface area contributed by atoms with E-state index in [0.717, 1.165) is 19.4 Å². The third kappa shape index (κ3) is 1.70. The Balaban J connectivity index is 2.11. The first-order valence-corrected chi connectivity index (χ1v) is 4.46. The number of hydrogen-bond donors (Lipinski definition) is 0. The molecule has 0 aromatic carbocycles. The van der Waals surface area contributed by atoms with Crippen LogP contribution in [0.25, 0.3) is 0 Å². The zero-order valence-corrected chi connectivity index (χ0v) is 7.31. The summed E-state index contributed by atoms with van der Waals surface area (Å²) < 4.78 is 7.25. The lowest BCUT2D eigenvalue weighted by molar-refractivity contribution is -0.0395. The second kappa shape index (κ2) is 3.58. The first-order chi connectivity index (χ1) is 6.40. The SMILES string of the molecule is N#Cc1cnn([C@H]2CCCCO2)c1. The Morgan fingerprint density at radius 1 is 1.62 bits per heavy atom. The molecule has 0 amide bonds. The predicted octanol–water partition coefficient (Wildman–Crippen LogP) is 1.45. The van der Waals surface area contributed by atoms with Gasteiger partial charge < -0.3 is 4.74 Å². The molecule has 1 atom stereocenters. The minimum atomic E-state index is 0.0378. The minimum Gasteiger partial charge on any atom is -0.357 e. The fourth-order valence-electron chi connectivity index (χ4n) is 1.49. The smallest absolute Gasteiger partial charge is 0.150 e. The van der Waals surface area contributed by atoms with Crippen LogP contribution in [0.1, 0.15) is 31.1 Å². The van der Waals surface area contributed by atoms with Gasteiger partial charge in [-0.1, -0.05) is 0 Å². The summed E-state index contributed by atoms with van der Waals surface area (Å²) in [4.78, 5) is 0. The lowest BCUT2D eigenvalue weighted by atomic mass is 10.2. The molecule has 0 bridgehead atoms. The molecule has 1 aromatic rings. The van der Waals surface area contributed by atoms with E-state index in [1.807, 2.05) is 6.07 Å². The molecular formula is C9H11N3O. The molecule has 2 heterocycles. The first-order valence-electron chi connectivity index (χ1n) is 4.46. The van der Waals surface area contributed by atoms with E-state index in [1.54, 1.807) is 17.1 Å². The van der Waals surface area contributed by atoms with Crippen LogP contribution in [0, 0.1) is 11.3 Å². The number of nitrogens with zero attached hydrogens (tertiary/aromatic N) is 3. The van der Waals surface area contributed by atoms with E-state index in [2.05, 4.69) is 5.10 Å². The summed E-state index contributed by atoms with van der Waals surface area (Å²) in [5.74, 6) is 0. The van der Waals surface area contributed by atoms with Gasteiger partial charge in [0.05, 0.1) is 11.8 Å². The van der Waals surface area contributed by atoms with E-state index in [4.69, 9.17) is 10.00 Å². The second-order valence-electron chi connectivity index (χ2n) is 3.14. The van der Waals surface area contributed by atoms with Crippen molar-refractivity contribution in [2.75, 3.05) is 6.61 Å². The predicted molar refractivity (Wildman–Crippen MR) is 45.8 cm³/mol. The molecule has 2 rings (SSSR count). The van der Waals surface area contributed by atoms with Gasteiger partial charge in [0.2, 0.25) is 0 Å². The average molecular weight is 177 g/mol. The Morgan fingerprint density at radius 2 is 2.54 bits per heavy atom. The third-order valence-electron chi connectivity index (χ3n) is 2.18. The number of aromatic nitrogens is 2. The maximum absolute atomic E-state index is 8.61. The number of nitriles is 1. The average Bonchev–Trinajstić information content (AvgIpc) is 2.67. The molecule has 0 spiro atoms. The summed E-state index contributed by atoms with van der Waals surface area (Å²) in [6.45, 7) is 0.798. The van der Waals surface area contributed by atoms with Crippen molar-refractivity contribution in [3.63, 3.8) is 0 Å². The van der Waals surface area contributed by atoms with Crippen molar-refractivity contribution in [2.24, 2.45) is 0 Å². The lowest BCUT2D eigenvalue weighted by Crippen LogP contribution is -2.18. The molecule has 0 radical (unpaired) electrons. The van der Waals surface area contributed by atoms with Crippen LogP contribution in [-0.2, 0) is 4.74 Å². The summed E-state index contributed by atoms with van der Waals surface area (Å²) in [6.07, 6.45) is 6.63. The minimum absolute atomic E-state index is 0.0378. The molecular weight excluding hydrogens is 166 g/mol. The van der Waals surface area contributed by atoms with Crippen molar-refractivity contribution in [3.05, 3.63) is 18.0 Å². The van der Waals surface area contributed by atoms with Gasteiger partial charge in [-0.3, -0.25) is 0 Å². The highest BCUT2D eigenvalue weighted by molar-refractivity contribution is 5.21. The molecule has 13 heavy (non-hydrogen) atoms. The van der Waals surface area contributed by atoms with Crippen LogP contribution >= 0.6 is 0 Å². The number of ether oxygens (including phenoxy) is 1. The molecule has 1 aliphatic rings. The van der Waals surface area contributed by atoms with Crippen LogP contribution in [0.15, 0.2) is 12.4 Å². The maximum Gasteiger partial charge on any atom is 0.150 e. The van der Waals surface area contributed by atoms with Crippen molar-refractivity contribution in [1.29, 1.82) is 5.26 Å². The van der Waals surface area contributed by atoms with Crippen LogP contribution < -0.4 is 0 Å². The van der Waals surface area contributed by atoms with Gasteiger partial charge in [-0.05, 0) is 19.3 Å². The molecule has 1 saturated heterocycles. The molecule has 4 nitrogen and oxygen atoms in total. The maximum atomic E-state index is 8.61. The Kier molecular flexibility index (Phi) is 2.28. The monoisotopic (exact) mass is 177 g/mol. The van der Waals surface area contributed by atoms with Gasteiger partial charge in [0.1, 0.15) is 12.3 Å². The van der Waals surface area contributed by atoms with Gasteiger partial charge in [0.25, 0.3) is 0 Å². The topological polar surface area (TPSA) is 50.8 Å². The molecule has 0 unspecified atom stereocenters. The molecule has 0 saturated carbocycles. The Bertz CT molecular complexity index is 320. The Hall–Kier alpha value is -1.34. The van der Waals surface area contributed by atoms with Crippen molar-refractivity contribution in [1.82, 2.24) is 9.78 Å². The molecule has 1 aliphatic heterocycles. The molecule has 1 fully saturated rings. The Morgan fingerprint density at radius 3 is 3.15 bits per heavy atom. The zero-order chi connectivity index (χ0) is 9.10. The van der Waals surface area contributed by atoms with E-state index in [9.17, 15) is 0 Å². The van der Waals surface area contributed by atoms with Crippen LogP contribution in [0.3, 0.4) is 0 Å². The summed E-state index contributed by atoms with van der Waals surface area (Å²) in [7, 11) is 0. The van der Waals surface area contributed by atoms with Gasteiger partial charge in [-0.2, -0.15) is 10.4 Å². The highest BCUT2D eigenvalue weighted by atomic mass is 16.5. The third-order valence-corrected chi connectivity index (χ3v) is 2.18.